The minimum Gasteiger partial charge on any atom is -0.463 e. The Bertz CT molecular complexity index is 317. The molecule has 0 unspecified atom stereocenters. The van der Waals surface area contributed by atoms with Gasteiger partial charge in [0.1, 0.15) is 0 Å². The van der Waals surface area contributed by atoms with Crippen LogP contribution in [-0.2, 0) is 9.53 Å². The lowest BCUT2D eigenvalue weighted by molar-refractivity contribution is -0.137. The molecule has 2 nitrogen and oxygen atoms in total. The molecule has 1 heterocycles. The van der Waals surface area contributed by atoms with Crippen molar-refractivity contribution >= 4 is 38.8 Å². The molecule has 4 heteroatoms. The van der Waals surface area contributed by atoms with E-state index in [2.05, 4.69) is 15.9 Å². The highest BCUT2D eigenvalue weighted by Gasteiger charge is 2.04. The van der Waals surface area contributed by atoms with Crippen LogP contribution in [0.25, 0.3) is 5.57 Å². The maximum atomic E-state index is 11.2. The fourth-order valence-electron chi connectivity index (χ4n) is 0.963. The first-order valence-electron chi connectivity index (χ1n) is 4.25. The first kappa shape index (κ1) is 11.5. The lowest BCUT2D eigenvalue weighted by atomic mass is 10.2. The summed E-state index contributed by atoms with van der Waals surface area (Å²) >= 11 is 4.96. The lowest BCUT2D eigenvalue weighted by Gasteiger charge is -2.00. The average Bonchev–Trinajstić information content (AvgIpc) is 2.67. The number of alkyl halides is 1. The average molecular weight is 275 g/mol. The fourth-order valence-corrected chi connectivity index (χ4v) is 2.36. The quantitative estimate of drug-likeness (QED) is 0.479. The number of ether oxygens (including phenoxy) is 1. The maximum Gasteiger partial charge on any atom is 0.331 e. The van der Waals surface area contributed by atoms with E-state index in [0.29, 0.717) is 11.9 Å². The van der Waals surface area contributed by atoms with Crippen molar-refractivity contribution < 1.29 is 9.53 Å². The van der Waals surface area contributed by atoms with Gasteiger partial charge in [0, 0.05) is 16.3 Å². The predicted molar refractivity (Wildman–Crippen MR) is 62.7 cm³/mol. The van der Waals surface area contributed by atoms with Crippen LogP contribution in [0.2, 0.25) is 0 Å². The molecule has 76 valence electrons. The molecule has 0 aliphatic heterocycles. The molecule has 0 aliphatic rings. The zero-order chi connectivity index (χ0) is 10.4. The molecule has 0 radical (unpaired) electrons. The molecule has 0 saturated heterocycles. The molecule has 0 saturated carbocycles. The lowest BCUT2D eigenvalue weighted by Crippen LogP contribution is -2.00. The van der Waals surface area contributed by atoms with Gasteiger partial charge in [0.05, 0.1) is 6.61 Å². The van der Waals surface area contributed by atoms with Crippen LogP contribution in [0.3, 0.4) is 0 Å². The van der Waals surface area contributed by atoms with Crippen LogP contribution in [0, 0.1) is 0 Å². The molecular formula is C10H11BrO2S. The van der Waals surface area contributed by atoms with Gasteiger partial charge in [-0.3, -0.25) is 0 Å². The van der Waals surface area contributed by atoms with E-state index in [0.717, 1.165) is 10.5 Å². The Hall–Kier alpha value is -0.610. The van der Waals surface area contributed by atoms with Gasteiger partial charge in [-0.25, -0.2) is 4.79 Å². The largest absolute Gasteiger partial charge is 0.463 e. The van der Waals surface area contributed by atoms with Gasteiger partial charge < -0.3 is 4.74 Å². The van der Waals surface area contributed by atoms with Crippen LogP contribution in [0.1, 0.15) is 11.8 Å². The second-order valence-corrected chi connectivity index (χ2v) is 4.04. The Kier molecular flexibility index (Phi) is 4.90. The highest BCUT2D eigenvalue weighted by molar-refractivity contribution is 9.09. The number of hydrogen-bond acceptors (Lipinski definition) is 3. The van der Waals surface area contributed by atoms with E-state index in [1.807, 2.05) is 17.5 Å². The smallest absolute Gasteiger partial charge is 0.331 e. The molecule has 0 spiro atoms. The van der Waals surface area contributed by atoms with Crippen LogP contribution in [0.5, 0.6) is 0 Å². The van der Waals surface area contributed by atoms with Gasteiger partial charge in [0.2, 0.25) is 0 Å². The predicted octanol–water partition coefficient (Wildman–Crippen LogP) is 3.09. The Morgan fingerprint density at radius 1 is 1.71 bits per heavy atom. The second-order valence-electron chi connectivity index (χ2n) is 2.53. The van der Waals surface area contributed by atoms with E-state index in [1.165, 1.54) is 6.08 Å². The van der Waals surface area contributed by atoms with E-state index < -0.39 is 0 Å². The summed E-state index contributed by atoms with van der Waals surface area (Å²) in [7, 11) is 0. The number of halogens is 1. The van der Waals surface area contributed by atoms with Gasteiger partial charge in [-0.2, -0.15) is 0 Å². The summed E-state index contributed by atoms with van der Waals surface area (Å²) in [5.74, 6) is -0.282. The van der Waals surface area contributed by atoms with Crippen molar-refractivity contribution in [2.75, 3.05) is 11.9 Å². The fraction of sp³-hybridized carbons (Fsp3) is 0.300. The molecule has 0 bridgehead atoms. The number of carbonyl (C=O) groups is 1. The Labute approximate surface area is 95.7 Å². The van der Waals surface area contributed by atoms with Gasteiger partial charge in [0.15, 0.2) is 0 Å². The van der Waals surface area contributed by atoms with Crippen molar-refractivity contribution in [1.82, 2.24) is 0 Å². The molecule has 1 rings (SSSR count). The van der Waals surface area contributed by atoms with Gasteiger partial charge in [-0.15, -0.1) is 11.3 Å². The summed E-state index contributed by atoms with van der Waals surface area (Å²) in [6.45, 7) is 2.21. The summed E-state index contributed by atoms with van der Waals surface area (Å²) in [5.41, 5.74) is 0.957. The van der Waals surface area contributed by atoms with Crippen molar-refractivity contribution in [1.29, 1.82) is 0 Å². The van der Waals surface area contributed by atoms with E-state index in [9.17, 15) is 4.79 Å². The highest BCUT2D eigenvalue weighted by atomic mass is 79.9. The number of rotatable bonds is 4. The van der Waals surface area contributed by atoms with Crippen molar-refractivity contribution in [2.45, 2.75) is 6.92 Å². The maximum absolute atomic E-state index is 11.2. The van der Waals surface area contributed by atoms with E-state index in [4.69, 9.17) is 4.74 Å². The molecule has 1 aromatic rings. The molecule has 0 atom stereocenters. The molecule has 0 fully saturated rings. The third-order valence-corrected chi connectivity index (χ3v) is 3.11. The van der Waals surface area contributed by atoms with Crippen LogP contribution >= 0.6 is 27.3 Å². The minimum absolute atomic E-state index is 0.282. The van der Waals surface area contributed by atoms with Gasteiger partial charge in [-0.1, -0.05) is 22.0 Å². The van der Waals surface area contributed by atoms with Crippen molar-refractivity contribution in [3.63, 3.8) is 0 Å². The van der Waals surface area contributed by atoms with Gasteiger partial charge in [-0.05, 0) is 23.9 Å². The number of carbonyl (C=O) groups excluding carboxylic acids is 1. The molecular weight excluding hydrogens is 264 g/mol. The Morgan fingerprint density at radius 3 is 3.00 bits per heavy atom. The second kappa shape index (κ2) is 5.98. The molecule has 0 amide bonds. The zero-order valence-corrected chi connectivity index (χ0v) is 10.2. The normalized spacial score (nSPS) is 11.4. The Balaban J connectivity index is 2.76. The molecule has 0 N–H and O–H groups in total. The summed E-state index contributed by atoms with van der Waals surface area (Å²) in [4.78, 5) is 12.3. The van der Waals surface area contributed by atoms with Gasteiger partial charge >= 0.3 is 5.97 Å². The zero-order valence-electron chi connectivity index (χ0n) is 7.83. The number of hydrogen-bond donors (Lipinski definition) is 0. The monoisotopic (exact) mass is 274 g/mol. The van der Waals surface area contributed by atoms with Crippen molar-refractivity contribution in [2.24, 2.45) is 0 Å². The van der Waals surface area contributed by atoms with Crippen LogP contribution in [-0.4, -0.2) is 17.9 Å². The first-order chi connectivity index (χ1) is 6.77. The summed E-state index contributed by atoms with van der Waals surface area (Å²) in [6, 6.07) is 3.94. The molecule has 1 aromatic heterocycles. The molecule has 14 heavy (non-hydrogen) atoms. The van der Waals surface area contributed by atoms with Crippen molar-refractivity contribution in [3.05, 3.63) is 28.5 Å². The van der Waals surface area contributed by atoms with Crippen LogP contribution < -0.4 is 0 Å². The third-order valence-electron chi connectivity index (χ3n) is 1.56. The van der Waals surface area contributed by atoms with E-state index in [1.54, 1.807) is 18.3 Å². The first-order valence-corrected chi connectivity index (χ1v) is 6.25. The summed E-state index contributed by atoms with van der Waals surface area (Å²) in [5, 5.41) is 2.64. The minimum atomic E-state index is -0.282. The number of allylic oxidation sites excluding steroid dienone is 1. The van der Waals surface area contributed by atoms with Crippen LogP contribution in [0.4, 0.5) is 0 Å². The Morgan fingerprint density at radius 2 is 2.50 bits per heavy atom. The molecule has 0 aliphatic carbocycles. The highest BCUT2D eigenvalue weighted by Crippen LogP contribution is 2.21. The molecule has 0 aromatic carbocycles. The van der Waals surface area contributed by atoms with E-state index in [-0.39, 0.29) is 5.97 Å². The number of esters is 1. The summed E-state index contributed by atoms with van der Waals surface area (Å²) < 4.78 is 4.84. The summed E-state index contributed by atoms with van der Waals surface area (Å²) in [6.07, 6.45) is 1.53. The topological polar surface area (TPSA) is 26.3 Å². The number of thiophene rings is 1. The van der Waals surface area contributed by atoms with Crippen molar-refractivity contribution in [3.8, 4) is 0 Å². The van der Waals surface area contributed by atoms with E-state index >= 15 is 0 Å². The third kappa shape index (κ3) is 3.27. The van der Waals surface area contributed by atoms with Gasteiger partial charge in [0.25, 0.3) is 0 Å². The SMILES string of the molecule is CCOC(=O)/C=C(/CBr)c1cccs1. The van der Waals surface area contributed by atoms with Crippen LogP contribution in [0.15, 0.2) is 23.6 Å². The standard InChI is InChI=1S/C10H11BrO2S/c1-2-13-10(12)6-8(7-11)9-4-3-5-14-9/h3-6H,2,7H2,1H3/b8-6-.